The predicted octanol–water partition coefficient (Wildman–Crippen LogP) is 2.67. The van der Waals surface area contributed by atoms with E-state index in [0.717, 1.165) is 5.56 Å². The van der Waals surface area contributed by atoms with Gasteiger partial charge in [-0.3, -0.25) is 4.79 Å². The van der Waals surface area contributed by atoms with E-state index < -0.39 is 12.0 Å². The van der Waals surface area contributed by atoms with E-state index in [9.17, 15) is 4.79 Å². The molecule has 0 aliphatic carbocycles. The van der Waals surface area contributed by atoms with Gasteiger partial charge in [-0.15, -0.1) is 0 Å². The lowest BCUT2D eigenvalue weighted by Crippen LogP contribution is -2.18. The zero-order valence-electron chi connectivity index (χ0n) is 10.8. The second kappa shape index (κ2) is 5.27. The van der Waals surface area contributed by atoms with Crippen LogP contribution in [0.4, 0.5) is 0 Å². The molecule has 19 heavy (non-hydrogen) atoms. The number of benzene rings is 1. The molecule has 0 amide bonds. The maximum atomic E-state index is 10.8. The average molecular weight is 286 g/mol. The van der Waals surface area contributed by atoms with E-state index in [1.165, 1.54) is 0 Å². The Labute approximate surface area is 116 Å². The number of carboxylic acids is 1. The minimum absolute atomic E-state index is 0.101. The second-order valence-electron chi connectivity index (χ2n) is 4.78. The van der Waals surface area contributed by atoms with Crippen LogP contribution < -0.4 is 15.2 Å². The van der Waals surface area contributed by atoms with E-state index in [1.54, 1.807) is 6.07 Å². The molecule has 0 saturated carbocycles. The highest BCUT2D eigenvalue weighted by Gasteiger charge is 2.28. The van der Waals surface area contributed by atoms with Gasteiger partial charge in [0.1, 0.15) is 0 Å². The Morgan fingerprint density at radius 3 is 2.74 bits per heavy atom. The molecule has 104 valence electrons. The van der Waals surface area contributed by atoms with Gasteiger partial charge in [-0.05, 0) is 11.5 Å². The Bertz CT molecular complexity index is 516. The Morgan fingerprint density at radius 1 is 1.47 bits per heavy atom. The summed E-state index contributed by atoms with van der Waals surface area (Å²) in [6.07, 6.45) is -0.181. The molecule has 0 saturated heterocycles. The highest BCUT2D eigenvalue weighted by molar-refractivity contribution is 6.31. The normalized spacial score (nSPS) is 14.8. The molecule has 0 bridgehead atoms. The van der Waals surface area contributed by atoms with E-state index in [0.29, 0.717) is 22.1 Å². The summed E-state index contributed by atoms with van der Waals surface area (Å²) >= 11 is 6.23. The third-order valence-corrected chi connectivity index (χ3v) is 3.35. The molecule has 1 aromatic carbocycles. The summed E-state index contributed by atoms with van der Waals surface area (Å²) < 4.78 is 10.8. The van der Waals surface area contributed by atoms with Crippen LogP contribution in [0.2, 0.25) is 5.02 Å². The molecule has 0 fully saturated rings. The zero-order valence-corrected chi connectivity index (χ0v) is 11.5. The van der Waals surface area contributed by atoms with Crippen molar-refractivity contribution in [1.82, 2.24) is 0 Å². The van der Waals surface area contributed by atoms with Crippen molar-refractivity contribution in [1.29, 1.82) is 0 Å². The number of hydrogen-bond donors (Lipinski definition) is 2. The maximum absolute atomic E-state index is 10.8. The standard InChI is InChI=1S/C13H16ClNO4/c1-6(2)11-12(8(15)4-10(16)17)7(14)3-9-13(11)19-5-18-9/h3,6,8H,4-5,15H2,1-2H3,(H,16,17). The molecule has 6 heteroatoms. The highest BCUT2D eigenvalue weighted by Crippen LogP contribution is 2.46. The summed E-state index contributed by atoms with van der Waals surface area (Å²) in [4.78, 5) is 10.8. The number of ether oxygens (including phenoxy) is 2. The third-order valence-electron chi connectivity index (χ3n) is 3.03. The summed E-state index contributed by atoms with van der Waals surface area (Å²) in [5.74, 6) is 0.343. The van der Waals surface area contributed by atoms with Crippen molar-refractivity contribution in [2.45, 2.75) is 32.2 Å². The minimum atomic E-state index is -0.962. The fourth-order valence-electron chi connectivity index (χ4n) is 2.29. The lowest BCUT2D eigenvalue weighted by molar-refractivity contribution is -0.137. The number of carbonyl (C=O) groups is 1. The molecule has 3 N–H and O–H groups in total. The van der Waals surface area contributed by atoms with Crippen LogP contribution in [0.1, 0.15) is 43.4 Å². The molecule has 1 aliphatic rings. The molecule has 5 nitrogen and oxygen atoms in total. The number of hydrogen-bond acceptors (Lipinski definition) is 4. The monoisotopic (exact) mass is 285 g/mol. The van der Waals surface area contributed by atoms with Crippen LogP contribution in [0.5, 0.6) is 11.5 Å². The molecule has 0 radical (unpaired) electrons. The first-order chi connectivity index (χ1) is 8.91. The van der Waals surface area contributed by atoms with Gasteiger partial charge in [-0.1, -0.05) is 25.4 Å². The van der Waals surface area contributed by atoms with Crippen LogP contribution in [-0.4, -0.2) is 17.9 Å². The van der Waals surface area contributed by atoms with Gasteiger partial charge in [0.25, 0.3) is 0 Å². The minimum Gasteiger partial charge on any atom is -0.481 e. The first-order valence-electron chi connectivity index (χ1n) is 6.01. The number of carboxylic acid groups (broad SMARTS) is 1. The first-order valence-corrected chi connectivity index (χ1v) is 6.38. The van der Waals surface area contributed by atoms with Crippen LogP contribution in [0.3, 0.4) is 0 Å². The van der Waals surface area contributed by atoms with Gasteiger partial charge in [0.2, 0.25) is 6.79 Å². The molecular weight excluding hydrogens is 270 g/mol. The topological polar surface area (TPSA) is 81.8 Å². The summed E-state index contributed by atoms with van der Waals surface area (Å²) in [6.45, 7) is 4.10. The summed E-state index contributed by atoms with van der Waals surface area (Å²) in [5.41, 5.74) is 7.42. The number of rotatable bonds is 4. The van der Waals surface area contributed by atoms with Gasteiger partial charge >= 0.3 is 5.97 Å². The number of halogens is 1. The zero-order chi connectivity index (χ0) is 14.2. The Morgan fingerprint density at radius 2 is 2.16 bits per heavy atom. The SMILES string of the molecule is CC(C)c1c2c(cc(Cl)c1C(N)CC(=O)O)OCO2. The number of fused-ring (bicyclic) bond motifs is 1. The van der Waals surface area contributed by atoms with Crippen LogP contribution in [0, 0.1) is 0 Å². The lowest BCUT2D eigenvalue weighted by atomic mass is 9.90. The molecule has 1 aliphatic heterocycles. The first kappa shape index (κ1) is 14.0. The highest BCUT2D eigenvalue weighted by atomic mass is 35.5. The molecule has 0 spiro atoms. The van der Waals surface area contributed by atoms with E-state index in [1.807, 2.05) is 13.8 Å². The van der Waals surface area contributed by atoms with Crippen molar-refractivity contribution in [3.63, 3.8) is 0 Å². The molecule has 1 atom stereocenters. The van der Waals surface area contributed by atoms with Crippen molar-refractivity contribution < 1.29 is 19.4 Å². The van der Waals surface area contributed by atoms with Crippen molar-refractivity contribution >= 4 is 17.6 Å². The Hall–Kier alpha value is -1.46. The van der Waals surface area contributed by atoms with E-state index in [4.69, 9.17) is 31.9 Å². The molecule has 1 aromatic rings. The fraction of sp³-hybridized carbons (Fsp3) is 0.462. The number of aliphatic carboxylic acids is 1. The molecule has 1 heterocycles. The van der Waals surface area contributed by atoms with Crippen molar-refractivity contribution in [3.8, 4) is 11.5 Å². The van der Waals surface area contributed by atoms with Gasteiger partial charge in [-0.25, -0.2) is 0 Å². The molecule has 0 aromatic heterocycles. The van der Waals surface area contributed by atoms with Gasteiger partial charge in [0, 0.05) is 22.7 Å². The van der Waals surface area contributed by atoms with Gasteiger partial charge in [0.15, 0.2) is 11.5 Å². The maximum Gasteiger partial charge on any atom is 0.305 e. The van der Waals surface area contributed by atoms with Crippen molar-refractivity contribution in [2.24, 2.45) is 5.73 Å². The van der Waals surface area contributed by atoms with E-state index in [2.05, 4.69) is 0 Å². The van der Waals surface area contributed by atoms with Crippen LogP contribution in [0.15, 0.2) is 6.07 Å². The summed E-state index contributed by atoms with van der Waals surface area (Å²) in [7, 11) is 0. The Kier molecular flexibility index (Phi) is 3.87. The smallest absolute Gasteiger partial charge is 0.305 e. The van der Waals surface area contributed by atoms with Crippen LogP contribution in [0.25, 0.3) is 0 Å². The van der Waals surface area contributed by atoms with E-state index in [-0.39, 0.29) is 19.1 Å². The van der Waals surface area contributed by atoms with Crippen LogP contribution >= 0.6 is 11.6 Å². The van der Waals surface area contributed by atoms with E-state index >= 15 is 0 Å². The summed E-state index contributed by atoms with van der Waals surface area (Å²) in [6, 6.07) is 0.962. The third kappa shape index (κ3) is 2.62. The van der Waals surface area contributed by atoms with Gasteiger partial charge in [-0.2, -0.15) is 0 Å². The molecule has 1 unspecified atom stereocenters. The van der Waals surface area contributed by atoms with Gasteiger partial charge < -0.3 is 20.3 Å². The van der Waals surface area contributed by atoms with Crippen molar-refractivity contribution in [3.05, 3.63) is 22.2 Å². The Balaban J connectivity index is 2.55. The fourth-order valence-corrected chi connectivity index (χ4v) is 2.63. The second-order valence-corrected chi connectivity index (χ2v) is 5.19. The summed E-state index contributed by atoms with van der Waals surface area (Å²) in [5, 5.41) is 9.30. The van der Waals surface area contributed by atoms with Crippen molar-refractivity contribution in [2.75, 3.05) is 6.79 Å². The predicted molar refractivity (Wildman–Crippen MR) is 70.8 cm³/mol. The molecule has 2 rings (SSSR count). The quantitative estimate of drug-likeness (QED) is 0.889. The largest absolute Gasteiger partial charge is 0.481 e. The number of nitrogens with two attached hydrogens (primary N) is 1. The molecular formula is C13H16ClNO4. The van der Waals surface area contributed by atoms with Gasteiger partial charge in [0.05, 0.1) is 6.42 Å². The lowest BCUT2D eigenvalue weighted by Gasteiger charge is -2.21. The average Bonchev–Trinajstić information content (AvgIpc) is 2.72. The van der Waals surface area contributed by atoms with Crippen LogP contribution in [-0.2, 0) is 4.79 Å².